The molecule has 0 spiro atoms. The fraction of sp³-hybridized carbons (Fsp3) is 0.188. The molecule has 0 atom stereocenters. The molecule has 0 heterocycles. The van der Waals surface area contributed by atoms with Crippen molar-refractivity contribution in [2.24, 2.45) is 0 Å². The summed E-state index contributed by atoms with van der Waals surface area (Å²) < 4.78 is 44.1. The van der Waals surface area contributed by atoms with Crippen molar-refractivity contribution in [2.75, 3.05) is 13.7 Å². The van der Waals surface area contributed by atoms with Crippen LogP contribution in [0.1, 0.15) is 5.56 Å². The predicted molar refractivity (Wildman–Crippen MR) is 86.4 cm³/mol. The van der Waals surface area contributed by atoms with Gasteiger partial charge < -0.3 is 10.1 Å². The third-order valence-electron chi connectivity index (χ3n) is 3.20. The van der Waals surface area contributed by atoms with Crippen molar-refractivity contribution in [2.45, 2.75) is 11.4 Å². The van der Waals surface area contributed by atoms with Crippen LogP contribution in [0.3, 0.4) is 0 Å². The Kier molecular flexibility index (Phi) is 5.88. The number of ether oxygens (including phenoxy) is 1. The molecule has 0 bridgehead atoms. The van der Waals surface area contributed by atoms with Gasteiger partial charge in [0.25, 0.3) is 0 Å². The summed E-state index contributed by atoms with van der Waals surface area (Å²) in [6.07, 6.45) is 0. The summed E-state index contributed by atoms with van der Waals surface area (Å²) in [6, 6.07) is 11.5. The van der Waals surface area contributed by atoms with E-state index in [9.17, 15) is 17.6 Å². The smallest absolute Gasteiger partial charge is 0.241 e. The molecule has 0 aliphatic rings. The fourth-order valence-electron chi connectivity index (χ4n) is 1.86. The van der Waals surface area contributed by atoms with Gasteiger partial charge in [0.05, 0.1) is 18.6 Å². The summed E-state index contributed by atoms with van der Waals surface area (Å²) in [7, 11) is -2.31. The Morgan fingerprint density at radius 1 is 1.08 bits per heavy atom. The maximum atomic E-state index is 12.8. The zero-order valence-corrected chi connectivity index (χ0v) is 13.8. The first-order chi connectivity index (χ1) is 11.4. The van der Waals surface area contributed by atoms with Crippen LogP contribution in [0, 0.1) is 5.82 Å². The average molecular weight is 352 g/mol. The van der Waals surface area contributed by atoms with E-state index < -0.39 is 22.5 Å². The lowest BCUT2D eigenvalue weighted by atomic mass is 10.2. The highest BCUT2D eigenvalue weighted by Gasteiger charge is 2.15. The Balaban J connectivity index is 1.86. The summed E-state index contributed by atoms with van der Waals surface area (Å²) >= 11 is 0. The minimum absolute atomic E-state index is 0.0367. The fourth-order valence-corrected chi connectivity index (χ4v) is 2.85. The first-order valence-corrected chi connectivity index (χ1v) is 8.54. The Morgan fingerprint density at radius 3 is 2.29 bits per heavy atom. The van der Waals surface area contributed by atoms with E-state index in [1.165, 1.54) is 55.6 Å². The van der Waals surface area contributed by atoms with Gasteiger partial charge in [-0.05, 0) is 42.0 Å². The van der Waals surface area contributed by atoms with Crippen LogP contribution in [0.4, 0.5) is 4.39 Å². The maximum Gasteiger partial charge on any atom is 0.241 e. The zero-order chi connectivity index (χ0) is 17.6. The summed E-state index contributed by atoms with van der Waals surface area (Å²) in [5, 5.41) is 2.55. The number of carbonyl (C=O) groups excluding carboxylic acids is 1. The number of methoxy groups -OCH3 is 1. The number of hydrogen-bond acceptors (Lipinski definition) is 4. The van der Waals surface area contributed by atoms with Gasteiger partial charge in [0.15, 0.2) is 0 Å². The standard InChI is InChI=1S/C16H17FN2O4S/c1-23-14-6-8-15(9-7-14)24(21,22)19-11-16(20)18-10-12-2-4-13(17)5-3-12/h2-9,19H,10-11H2,1H3,(H,18,20). The van der Waals surface area contributed by atoms with E-state index in [1.807, 2.05) is 0 Å². The van der Waals surface area contributed by atoms with Gasteiger partial charge in [-0.1, -0.05) is 12.1 Å². The van der Waals surface area contributed by atoms with Gasteiger partial charge in [0.2, 0.25) is 15.9 Å². The van der Waals surface area contributed by atoms with Crippen LogP contribution in [0.15, 0.2) is 53.4 Å². The Hall–Kier alpha value is -2.45. The van der Waals surface area contributed by atoms with Crippen LogP contribution < -0.4 is 14.8 Å². The highest BCUT2D eigenvalue weighted by molar-refractivity contribution is 7.89. The first kappa shape index (κ1) is 17.9. The topological polar surface area (TPSA) is 84.5 Å². The van der Waals surface area contributed by atoms with Crippen molar-refractivity contribution in [3.05, 3.63) is 59.9 Å². The number of rotatable bonds is 7. The third-order valence-corrected chi connectivity index (χ3v) is 4.61. The molecule has 2 N–H and O–H groups in total. The van der Waals surface area contributed by atoms with Gasteiger partial charge in [-0.3, -0.25) is 4.79 Å². The number of hydrogen-bond donors (Lipinski definition) is 2. The summed E-state index contributed by atoms with van der Waals surface area (Å²) in [6.45, 7) is -0.209. The molecule has 0 radical (unpaired) electrons. The zero-order valence-electron chi connectivity index (χ0n) is 13.0. The molecule has 0 aliphatic carbocycles. The number of amides is 1. The van der Waals surface area contributed by atoms with Crippen molar-refractivity contribution in [1.82, 2.24) is 10.0 Å². The predicted octanol–water partition coefficient (Wildman–Crippen LogP) is 1.43. The Bertz CT molecular complexity index is 790. The van der Waals surface area contributed by atoms with Crippen LogP contribution >= 0.6 is 0 Å². The third kappa shape index (κ3) is 5.04. The molecule has 2 rings (SSSR count). The molecule has 2 aromatic rings. The largest absolute Gasteiger partial charge is 0.497 e. The lowest BCUT2D eigenvalue weighted by molar-refractivity contribution is -0.120. The number of nitrogens with one attached hydrogen (secondary N) is 2. The van der Waals surface area contributed by atoms with Crippen molar-refractivity contribution in [3.63, 3.8) is 0 Å². The summed E-state index contributed by atoms with van der Waals surface area (Å²) in [5.41, 5.74) is 0.711. The number of halogens is 1. The number of benzene rings is 2. The second-order valence-electron chi connectivity index (χ2n) is 4.90. The summed E-state index contributed by atoms with van der Waals surface area (Å²) in [4.78, 5) is 11.8. The van der Waals surface area contributed by atoms with E-state index in [4.69, 9.17) is 4.74 Å². The molecule has 128 valence electrons. The lowest BCUT2D eigenvalue weighted by Crippen LogP contribution is -2.36. The maximum absolute atomic E-state index is 12.8. The van der Waals surface area contributed by atoms with E-state index in [-0.39, 0.29) is 17.3 Å². The first-order valence-electron chi connectivity index (χ1n) is 7.05. The molecular weight excluding hydrogens is 335 g/mol. The van der Waals surface area contributed by atoms with Crippen molar-refractivity contribution in [1.29, 1.82) is 0 Å². The number of carbonyl (C=O) groups is 1. The molecule has 0 aromatic heterocycles. The SMILES string of the molecule is COc1ccc(S(=O)(=O)NCC(=O)NCc2ccc(F)cc2)cc1. The van der Waals surface area contributed by atoms with Gasteiger partial charge in [-0.15, -0.1) is 0 Å². The molecule has 2 aromatic carbocycles. The Morgan fingerprint density at radius 2 is 1.71 bits per heavy atom. The lowest BCUT2D eigenvalue weighted by Gasteiger charge is -2.08. The van der Waals surface area contributed by atoms with Gasteiger partial charge in [-0.2, -0.15) is 0 Å². The van der Waals surface area contributed by atoms with E-state index in [0.29, 0.717) is 11.3 Å². The normalized spacial score (nSPS) is 11.1. The Labute approximate surface area is 139 Å². The van der Waals surface area contributed by atoms with Crippen molar-refractivity contribution in [3.8, 4) is 5.75 Å². The minimum atomic E-state index is -3.78. The van der Waals surface area contributed by atoms with E-state index >= 15 is 0 Å². The summed E-state index contributed by atoms with van der Waals surface area (Å²) in [5.74, 6) is -0.320. The van der Waals surface area contributed by atoms with Gasteiger partial charge in [0, 0.05) is 6.54 Å². The average Bonchev–Trinajstić information content (AvgIpc) is 2.59. The van der Waals surface area contributed by atoms with E-state index in [2.05, 4.69) is 10.0 Å². The quantitative estimate of drug-likeness (QED) is 0.789. The molecule has 1 amide bonds. The molecule has 0 fully saturated rings. The monoisotopic (exact) mass is 352 g/mol. The molecule has 0 saturated carbocycles. The van der Waals surface area contributed by atoms with Crippen LogP contribution in [-0.4, -0.2) is 28.0 Å². The van der Waals surface area contributed by atoms with Gasteiger partial charge in [0.1, 0.15) is 11.6 Å². The second kappa shape index (κ2) is 7.89. The molecular formula is C16H17FN2O4S. The molecule has 8 heteroatoms. The molecule has 24 heavy (non-hydrogen) atoms. The molecule has 0 saturated heterocycles. The van der Waals surface area contributed by atoms with Gasteiger partial charge >= 0.3 is 0 Å². The van der Waals surface area contributed by atoms with E-state index in [0.717, 1.165) is 0 Å². The van der Waals surface area contributed by atoms with Crippen LogP contribution in [0.5, 0.6) is 5.75 Å². The van der Waals surface area contributed by atoms with Gasteiger partial charge in [-0.25, -0.2) is 17.5 Å². The van der Waals surface area contributed by atoms with Crippen LogP contribution in [0.2, 0.25) is 0 Å². The van der Waals surface area contributed by atoms with Crippen LogP contribution in [-0.2, 0) is 21.4 Å². The number of sulfonamides is 1. The highest BCUT2D eigenvalue weighted by atomic mass is 32.2. The van der Waals surface area contributed by atoms with Crippen LogP contribution in [0.25, 0.3) is 0 Å². The van der Waals surface area contributed by atoms with Crippen molar-refractivity contribution < 1.29 is 22.3 Å². The second-order valence-corrected chi connectivity index (χ2v) is 6.67. The van der Waals surface area contributed by atoms with E-state index in [1.54, 1.807) is 0 Å². The molecule has 0 unspecified atom stereocenters. The molecule has 0 aliphatic heterocycles. The minimum Gasteiger partial charge on any atom is -0.497 e. The highest BCUT2D eigenvalue weighted by Crippen LogP contribution is 2.15. The van der Waals surface area contributed by atoms with Crippen molar-refractivity contribution >= 4 is 15.9 Å². The molecule has 6 nitrogen and oxygen atoms in total.